The zero-order chi connectivity index (χ0) is 13.7. The van der Waals surface area contributed by atoms with Gasteiger partial charge in [-0.1, -0.05) is 11.6 Å². The highest BCUT2D eigenvalue weighted by Crippen LogP contribution is 2.17. The van der Waals surface area contributed by atoms with E-state index in [-0.39, 0.29) is 12.5 Å². The first-order chi connectivity index (χ1) is 8.45. The third-order valence-corrected chi connectivity index (χ3v) is 2.99. The van der Waals surface area contributed by atoms with Crippen LogP contribution in [0.5, 0.6) is 0 Å². The normalized spacial score (nSPS) is 11.8. The number of rotatable bonds is 4. The summed E-state index contributed by atoms with van der Waals surface area (Å²) in [6.07, 6.45) is -1.36. The number of aryl methyl sites for hydroxylation is 1. The molecule has 1 aromatic carbocycles. The second-order valence-electron chi connectivity index (χ2n) is 3.73. The van der Waals surface area contributed by atoms with Crippen LogP contribution in [0.1, 0.15) is 15.9 Å². The number of aliphatic hydroxyl groups excluding tert-OH is 1. The summed E-state index contributed by atoms with van der Waals surface area (Å²) in [5, 5.41) is 11.8. The zero-order valence-electron chi connectivity index (χ0n) is 10.1. The Morgan fingerprint density at radius 1 is 1.50 bits per heavy atom. The van der Waals surface area contributed by atoms with Gasteiger partial charge in [0, 0.05) is 4.47 Å². The van der Waals surface area contributed by atoms with Crippen LogP contribution in [0, 0.1) is 6.92 Å². The molecule has 0 fully saturated rings. The van der Waals surface area contributed by atoms with Gasteiger partial charge in [-0.2, -0.15) is 0 Å². The fourth-order valence-electron chi connectivity index (χ4n) is 1.32. The maximum absolute atomic E-state index is 11.8. The van der Waals surface area contributed by atoms with Crippen molar-refractivity contribution in [3.8, 4) is 0 Å². The number of ether oxygens (including phenoxy) is 1. The van der Waals surface area contributed by atoms with Crippen molar-refractivity contribution < 1.29 is 19.4 Å². The molecule has 1 unspecified atom stereocenters. The van der Waals surface area contributed by atoms with Crippen molar-refractivity contribution in [3.05, 3.63) is 33.8 Å². The highest BCUT2D eigenvalue weighted by Gasteiger charge is 2.17. The van der Waals surface area contributed by atoms with Crippen LogP contribution in [0.4, 0.5) is 0 Å². The van der Waals surface area contributed by atoms with E-state index in [4.69, 9.17) is 0 Å². The van der Waals surface area contributed by atoms with Crippen molar-refractivity contribution in [2.75, 3.05) is 13.7 Å². The maximum atomic E-state index is 11.8. The van der Waals surface area contributed by atoms with Crippen LogP contribution >= 0.6 is 15.9 Å². The van der Waals surface area contributed by atoms with Gasteiger partial charge in [0.1, 0.15) is 0 Å². The van der Waals surface area contributed by atoms with Crippen molar-refractivity contribution in [2.24, 2.45) is 0 Å². The van der Waals surface area contributed by atoms with E-state index in [9.17, 15) is 14.7 Å². The molecule has 1 rings (SSSR count). The van der Waals surface area contributed by atoms with Crippen molar-refractivity contribution >= 4 is 27.8 Å². The molecule has 0 spiro atoms. The first kappa shape index (κ1) is 14.7. The average Bonchev–Trinajstić information content (AvgIpc) is 2.37. The number of hydrogen-bond acceptors (Lipinski definition) is 4. The molecule has 1 aromatic rings. The van der Waals surface area contributed by atoms with Gasteiger partial charge < -0.3 is 15.2 Å². The second kappa shape index (κ2) is 6.51. The van der Waals surface area contributed by atoms with Crippen molar-refractivity contribution in [2.45, 2.75) is 13.0 Å². The quantitative estimate of drug-likeness (QED) is 0.813. The topological polar surface area (TPSA) is 75.6 Å². The number of benzene rings is 1. The van der Waals surface area contributed by atoms with Gasteiger partial charge in [-0.3, -0.25) is 4.79 Å². The standard InChI is InChI=1S/C12H14BrNO4/c1-7-3-4-9(13)8(5-7)11(16)14-6-10(15)12(17)18-2/h3-5,10,15H,6H2,1-2H3,(H,14,16). The van der Waals surface area contributed by atoms with Crippen molar-refractivity contribution in [3.63, 3.8) is 0 Å². The van der Waals surface area contributed by atoms with Gasteiger partial charge in [-0.05, 0) is 35.0 Å². The van der Waals surface area contributed by atoms with E-state index in [0.717, 1.165) is 5.56 Å². The number of nitrogens with one attached hydrogen (secondary N) is 1. The third-order valence-electron chi connectivity index (χ3n) is 2.30. The van der Waals surface area contributed by atoms with Crippen LogP contribution in [-0.2, 0) is 9.53 Å². The molecule has 6 heteroatoms. The average molecular weight is 316 g/mol. The molecule has 0 aromatic heterocycles. The largest absolute Gasteiger partial charge is 0.467 e. The molecule has 0 radical (unpaired) electrons. The van der Waals surface area contributed by atoms with Gasteiger partial charge >= 0.3 is 5.97 Å². The van der Waals surface area contributed by atoms with Gasteiger partial charge in [0.15, 0.2) is 6.10 Å². The lowest BCUT2D eigenvalue weighted by Crippen LogP contribution is -2.37. The molecule has 2 N–H and O–H groups in total. The lowest BCUT2D eigenvalue weighted by molar-refractivity contribution is -0.149. The van der Waals surface area contributed by atoms with Crippen LogP contribution in [0.15, 0.2) is 22.7 Å². The monoisotopic (exact) mass is 315 g/mol. The molecular formula is C12H14BrNO4. The Labute approximate surface area is 113 Å². The fraction of sp³-hybridized carbons (Fsp3) is 0.333. The minimum Gasteiger partial charge on any atom is -0.467 e. The third kappa shape index (κ3) is 3.82. The molecular weight excluding hydrogens is 302 g/mol. The first-order valence-corrected chi connectivity index (χ1v) is 6.05. The zero-order valence-corrected chi connectivity index (χ0v) is 11.7. The van der Waals surface area contributed by atoms with Gasteiger partial charge in [0.2, 0.25) is 0 Å². The van der Waals surface area contributed by atoms with Gasteiger partial charge in [0.25, 0.3) is 5.91 Å². The Bertz CT molecular complexity index is 461. The Kier molecular flexibility index (Phi) is 5.30. The van der Waals surface area contributed by atoms with E-state index >= 15 is 0 Å². The molecule has 0 aliphatic rings. The predicted molar refractivity (Wildman–Crippen MR) is 69.2 cm³/mol. The number of carbonyl (C=O) groups excluding carboxylic acids is 2. The molecule has 0 bridgehead atoms. The lowest BCUT2D eigenvalue weighted by Gasteiger charge is -2.11. The summed E-state index contributed by atoms with van der Waals surface area (Å²) >= 11 is 3.27. The second-order valence-corrected chi connectivity index (χ2v) is 4.59. The summed E-state index contributed by atoms with van der Waals surface area (Å²) in [4.78, 5) is 22.8. The Balaban J connectivity index is 2.66. The summed E-state index contributed by atoms with van der Waals surface area (Å²) in [6, 6.07) is 5.34. The SMILES string of the molecule is COC(=O)C(O)CNC(=O)c1cc(C)ccc1Br. The molecule has 18 heavy (non-hydrogen) atoms. The lowest BCUT2D eigenvalue weighted by atomic mass is 10.1. The number of hydrogen-bond donors (Lipinski definition) is 2. The highest BCUT2D eigenvalue weighted by atomic mass is 79.9. The fourth-order valence-corrected chi connectivity index (χ4v) is 1.74. The summed E-state index contributed by atoms with van der Waals surface area (Å²) in [5.74, 6) is -1.15. The summed E-state index contributed by atoms with van der Waals surface area (Å²) in [5.41, 5.74) is 1.39. The van der Waals surface area contributed by atoms with Crippen LogP contribution in [0.2, 0.25) is 0 Å². The van der Waals surface area contributed by atoms with Crippen molar-refractivity contribution in [1.82, 2.24) is 5.32 Å². The smallest absolute Gasteiger partial charge is 0.336 e. The minimum absolute atomic E-state index is 0.189. The number of aliphatic hydroxyl groups is 1. The van der Waals surface area contributed by atoms with Gasteiger partial charge in [-0.15, -0.1) is 0 Å². The molecule has 0 saturated heterocycles. The molecule has 0 aliphatic heterocycles. The molecule has 0 heterocycles. The van der Waals surface area contributed by atoms with E-state index in [1.807, 2.05) is 13.0 Å². The molecule has 1 atom stereocenters. The Morgan fingerprint density at radius 3 is 2.78 bits per heavy atom. The molecule has 98 valence electrons. The van der Waals surface area contributed by atoms with E-state index in [1.54, 1.807) is 12.1 Å². The Hall–Kier alpha value is -1.40. The minimum atomic E-state index is -1.36. The summed E-state index contributed by atoms with van der Waals surface area (Å²) in [6.45, 7) is 1.68. The highest BCUT2D eigenvalue weighted by molar-refractivity contribution is 9.10. The van der Waals surface area contributed by atoms with Crippen LogP contribution < -0.4 is 5.32 Å². The number of carbonyl (C=O) groups is 2. The summed E-state index contributed by atoms with van der Waals surface area (Å²) < 4.78 is 4.99. The number of esters is 1. The molecule has 5 nitrogen and oxygen atoms in total. The van der Waals surface area contributed by atoms with Crippen LogP contribution in [0.25, 0.3) is 0 Å². The van der Waals surface area contributed by atoms with Crippen LogP contribution in [0.3, 0.4) is 0 Å². The number of amides is 1. The molecule has 0 aliphatic carbocycles. The number of methoxy groups -OCH3 is 1. The van der Waals surface area contributed by atoms with E-state index in [2.05, 4.69) is 26.0 Å². The van der Waals surface area contributed by atoms with Gasteiger partial charge in [-0.25, -0.2) is 4.79 Å². The summed E-state index contributed by atoms with van der Waals surface area (Å²) in [7, 11) is 1.17. The number of halogens is 1. The molecule has 0 saturated carbocycles. The van der Waals surface area contributed by atoms with Crippen molar-refractivity contribution in [1.29, 1.82) is 0 Å². The van der Waals surface area contributed by atoms with Gasteiger partial charge in [0.05, 0.1) is 19.2 Å². The van der Waals surface area contributed by atoms with Crippen LogP contribution in [-0.4, -0.2) is 36.7 Å². The first-order valence-electron chi connectivity index (χ1n) is 5.26. The predicted octanol–water partition coefficient (Wildman–Crippen LogP) is 1.02. The molecule has 1 amide bonds. The van der Waals surface area contributed by atoms with E-state index in [0.29, 0.717) is 10.0 Å². The maximum Gasteiger partial charge on any atom is 0.336 e. The Morgan fingerprint density at radius 2 is 2.17 bits per heavy atom. The van der Waals surface area contributed by atoms with E-state index < -0.39 is 12.1 Å². The van der Waals surface area contributed by atoms with E-state index in [1.165, 1.54) is 7.11 Å².